The second-order valence-electron chi connectivity index (χ2n) is 10.8. The lowest BCUT2D eigenvalue weighted by molar-refractivity contribution is 0.0159. The van der Waals surface area contributed by atoms with Gasteiger partial charge in [-0.05, 0) is 75.7 Å². The van der Waals surface area contributed by atoms with Crippen LogP contribution in [0, 0.1) is 17.2 Å². The summed E-state index contributed by atoms with van der Waals surface area (Å²) in [5.41, 5.74) is 2.90. The van der Waals surface area contributed by atoms with Gasteiger partial charge >= 0.3 is 6.03 Å². The molecule has 1 spiro atoms. The Morgan fingerprint density at radius 3 is 2.29 bits per heavy atom. The van der Waals surface area contributed by atoms with Crippen molar-refractivity contribution in [1.82, 2.24) is 14.7 Å². The first kappa shape index (κ1) is 22.9. The van der Waals surface area contributed by atoms with Crippen LogP contribution in [0.5, 0.6) is 0 Å². The summed E-state index contributed by atoms with van der Waals surface area (Å²) >= 11 is 0. The van der Waals surface area contributed by atoms with E-state index in [4.69, 9.17) is 0 Å². The zero-order valence-electron chi connectivity index (χ0n) is 20.5. The summed E-state index contributed by atoms with van der Waals surface area (Å²) in [5, 5.41) is 9.56. The molecule has 5 heteroatoms. The first-order chi connectivity index (χ1) is 16.5. The van der Waals surface area contributed by atoms with E-state index in [-0.39, 0.29) is 17.1 Å². The van der Waals surface area contributed by atoms with Gasteiger partial charge in [0.05, 0.1) is 17.2 Å². The standard InChI is InChI=1S/C29H36N4O/c1-31(2)29(26-13-4-3-5-14-26)17-15-28(16-18-29)22-32(21-25-12-7-6-11-24(25)19-30)27(34)33(28)20-23-9-8-10-23/h3-7,11-14,23H,8-10,15-18,20-22H2,1-2H3/t28-,29+. The molecular formula is C29H36N4O. The van der Waals surface area contributed by atoms with E-state index in [1.54, 1.807) is 0 Å². The first-order valence-corrected chi connectivity index (χ1v) is 12.7. The smallest absolute Gasteiger partial charge is 0.318 e. The molecule has 0 N–H and O–H groups in total. The molecule has 178 valence electrons. The maximum atomic E-state index is 13.8. The Balaban J connectivity index is 1.42. The molecule has 2 saturated carbocycles. The summed E-state index contributed by atoms with van der Waals surface area (Å²) in [4.78, 5) is 20.4. The van der Waals surface area contributed by atoms with Gasteiger partial charge in [-0.3, -0.25) is 4.90 Å². The highest BCUT2D eigenvalue weighted by atomic mass is 16.2. The van der Waals surface area contributed by atoms with Gasteiger partial charge in [-0.15, -0.1) is 0 Å². The van der Waals surface area contributed by atoms with Gasteiger partial charge in [0.25, 0.3) is 0 Å². The monoisotopic (exact) mass is 456 g/mol. The van der Waals surface area contributed by atoms with Crippen LogP contribution in [0.2, 0.25) is 0 Å². The van der Waals surface area contributed by atoms with Crippen LogP contribution in [0.3, 0.4) is 0 Å². The summed E-state index contributed by atoms with van der Waals surface area (Å²) in [6.07, 6.45) is 7.87. The fraction of sp³-hybridized carbons (Fsp3) is 0.517. The SMILES string of the molecule is CN(C)[C@]1(c2ccccc2)CC[C@]2(CC1)CN(Cc1ccccc1C#N)C(=O)N2CC1CCC1. The quantitative estimate of drug-likeness (QED) is 0.587. The molecule has 1 heterocycles. The minimum absolute atomic E-state index is 0.0124. The van der Waals surface area contributed by atoms with Crippen LogP contribution in [-0.4, -0.2) is 53.5 Å². The predicted molar refractivity (Wildman–Crippen MR) is 134 cm³/mol. The summed E-state index contributed by atoms with van der Waals surface area (Å²) in [7, 11) is 4.39. The summed E-state index contributed by atoms with van der Waals surface area (Å²) in [6.45, 7) is 2.16. The molecule has 1 aliphatic heterocycles. The van der Waals surface area contributed by atoms with Gasteiger partial charge in [0, 0.05) is 25.2 Å². The fourth-order valence-electron chi connectivity index (χ4n) is 6.48. The van der Waals surface area contributed by atoms with Gasteiger partial charge in [0.15, 0.2) is 0 Å². The van der Waals surface area contributed by atoms with E-state index in [1.807, 2.05) is 29.2 Å². The lowest BCUT2D eigenvalue weighted by atomic mass is 9.68. The molecule has 2 aliphatic carbocycles. The van der Waals surface area contributed by atoms with Crippen LogP contribution >= 0.6 is 0 Å². The van der Waals surface area contributed by atoms with Crippen molar-refractivity contribution < 1.29 is 4.79 Å². The molecule has 2 aromatic rings. The molecule has 5 rings (SSSR count). The third-order valence-corrected chi connectivity index (χ3v) is 8.90. The van der Waals surface area contributed by atoms with Crippen LogP contribution in [0.15, 0.2) is 54.6 Å². The molecule has 0 aromatic heterocycles. The zero-order valence-corrected chi connectivity index (χ0v) is 20.5. The largest absolute Gasteiger partial charge is 0.320 e. The van der Waals surface area contributed by atoms with Crippen molar-refractivity contribution in [3.63, 3.8) is 0 Å². The van der Waals surface area contributed by atoms with Crippen molar-refractivity contribution in [2.45, 2.75) is 62.6 Å². The summed E-state index contributed by atoms with van der Waals surface area (Å²) in [5.74, 6) is 0.641. The van der Waals surface area contributed by atoms with Crippen molar-refractivity contribution in [3.05, 3.63) is 71.3 Å². The summed E-state index contributed by atoms with van der Waals surface area (Å²) in [6, 6.07) is 21.0. The van der Waals surface area contributed by atoms with Gasteiger partial charge in [0.2, 0.25) is 0 Å². The average Bonchev–Trinajstić information content (AvgIpc) is 3.07. The van der Waals surface area contributed by atoms with E-state index in [9.17, 15) is 10.1 Å². The van der Waals surface area contributed by atoms with Crippen LogP contribution in [0.4, 0.5) is 4.79 Å². The van der Waals surface area contributed by atoms with Crippen molar-refractivity contribution in [2.75, 3.05) is 27.2 Å². The lowest BCUT2D eigenvalue weighted by Gasteiger charge is -2.51. The molecule has 5 nitrogen and oxygen atoms in total. The number of nitrogens with zero attached hydrogens (tertiary/aromatic N) is 4. The Hall–Kier alpha value is -2.84. The molecule has 34 heavy (non-hydrogen) atoms. The van der Waals surface area contributed by atoms with Gasteiger partial charge in [-0.2, -0.15) is 5.26 Å². The second-order valence-corrected chi connectivity index (χ2v) is 10.8. The third-order valence-electron chi connectivity index (χ3n) is 8.90. The van der Waals surface area contributed by atoms with Crippen LogP contribution in [0.1, 0.15) is 61.6 Å². The molecule has 0 bridgehead atoms. The van der Waals surface area contributed by atoms with E-state index in [2.05, 4.69) is 60.3 Å². The third kappa shape index (κ3) is 3.88. The fourth-order valence-corrected chi connectivity index (χ4v) is 6.48. The second kappa shape index (κ2) is 9.07. The molecular weight excluding hydrogens is 420 g/mol. The number of hydrogen-bond acceptors (Lipinski definition) is 3. The van der Waals surface area contributed by atoms with Crippen molar-refractivity contribution >= 4 is 6.03 Å². The minimum Gasteiger partial charge on any atom is -0.318 e. The van der Waals surface area contributed by atoms with E-state index >= 15 is 0 Å². The average molecular weight is 457 g/mol. The topological polar surface area (TPSA) is 50.6 Å². The van der Waals surface area contributed by atoms with E-state index in [0.29, 0.717) is 18.0 Å². The van der Waals surface area contributed by atoms with E-state index in [0.717, 1.165) is 44.3 Å². The lowest BCUT2D eigenvalue weighted by Crippen LogP contribution is -2.56. The molecule has 0 unspecified atom stereocenters. The first-order valence-electron chi connectivity index (χ1n) is 12.7. The zero-order chi connectivity index (χ0) is 23.8. The maximum absolute atomic E-state index is 13.8. The Kier molecular flexibility index (Phi) is 6.12. The number of amides is 2. The van der Waals surface area contributed by atoms with Crippen LogP contribution < -0.4 is 0 Å². The Bertz CT molecular complexity index is 1060. The number of carbonyl (C=O) groups excluding carboxylic acids is 1. The molecule has 0 atom stereocenters. The van der Waals surface area contributed by atoms with Gasteiger partial charge in [-0.25, -0.2) is 4.79 Å². The normalized spacial score (nSPS) is 27.3. The van der Waals surface area contributed by atoms with Crippen LogP contribution in [-0.2, 0) is 12.1 Å². The van der Waals surface area contributed by atoms with Gasteiger partial charge < -0.3 is 9.80 Å². The number of benzene rings is 2. The molecule has 2 aromatic carbocycles. The number of carbonyl (C=O) groups is 1. The molecule has 1 saturated heterocycles. The number of nitriles is 1. The molecule has 2 amide bonds. The number of urea groups is 1. The van der Waals surface area contributed by atoms with Gasteiger partial charge in [0.1, 0.15) is 0 Å². The highest BCUT2D eigenvalue weighted by molar-refractivity contribution is 5.78. The Morgan fingerprint density at radius 1 is 1.00 bits per heavy atom. The predicted octanol–water partition coefficient (Wildman–Crippen LogP) is 5.37. The van der Waals surface area contributed by atoms with Crippen LogP contribution in [0.25, 0.3) is 0 Å². The van der Waals surface area contributed by atoms with E-state index < -0.39 is 0 Å². The van der Waals surface area contributed by atoms with E-state index in [1.165, 1.54) is 24.8 Å². The number of hydrogen-bond donors (Lipinski definition) is 0. The molecule has 3 fully saturated rings. The Morgan fingerprint density at radius 2 is 1.68 bits per heavy atom. The molecule has 0 radical (unpaired) electrons. The highest BCUT2D eigenvalue weighted by Gasteiger charge is 2.54. The summed E-state index contributed by atoms with van der Waals surface area (Å²) < 4.78 is 0. The molecule has 3 aliphatic rings. The maximum Gasteiger partial charge on any atom is 0.320 e. The van der Waals surface area contributed by atoms with Crippen molar-refractivity contribution in [2.24, 2.45) is 5.92 Å². The van der Waals surface area contributed by atoms with Crippen molar-refractivity contribution in [1.29, 1.82) is 5.26 Å². The number of rotatable bonds is 6. The highest BCUT2D eigenvalue weighted by Crippen LogP contribution is 2.49. The van der Waals surface area contributed by atoms with Gasteiger partial charge in [-0.1, -0.05) is 55.0 Å². The minimum atomic E-state index is -0.109. The Labute approximate surface area is 204 Å². The van der Waals surface area contributed by atoms with Crippen molar-refractivity contribution in [3.8, 4) is 6.07 Å².